The third-order valence-electron chi connectivity index (χ3n) is 4.71. The van der Waals surface area contributed by atoms with Crippen molar-refractivity contribution in [2.75, 3.05) is 10.6 Å². The highest BCUT2D eigenvalue weighted by molar-refractivity contribution is 5.65. The van der Waals surface area contributed by atoms with Gasteiger partial charge in [0.25, 0.3) is 0 Å². The van der Waals surface area contributed by atoms with Crippen LogP contribution in [0.15, 0.2) is 54.7 Å². The van der Waals surface area contributed by atoms with Crippen molar-refractivity contribution < 1.29 is 4.39 Å². The minimum Gasteiger partial charge on any atom is -0.351 e. The Kier molecular flexibility index (Phi) is 5.23. The molecule has 1 aromatic carbocycles. The number of nitrogens with one attached hydrogen (secondary N) is 2. The molecular formula is C21H22FN5. The largest absolute Gasteiger partial charge is 0.351 e. The highest BCUT2D eigenvalue weighted by Gasteiger charge is 2.16. The Hall–Kier alpha value is -3.02. The molecule has 5 nitrogen and oxygen atoms in total. The maximum absolute atomic E-state index is 13.2. The lowest BCUT2D eigenvalue weighted by Gasteiger charge is -2.23. The Balaban J connectivity index is 1.64. The van der Waals surface area contributed by atoms with Gasteiger partial charge in [0.1, 0.15) is 11.6 Å². The Labute approximate surface area is 158 Å². The van der Waals surface area contributed by atoms with Gasteiger partial charge in [-0.2, -0.15) is 4.98 Å². The molecule has 2 aromatic heterocycles. The lowest BCUT2D eigenvalue weighted by atomic mass is 9.96. The van der Waals surface area contributed by atoms with Gasteiger partial charge in [-0.3, -0.25) is 4.98 Å². The van der Waals surface area contributed by atoms with Crippen molar-refractivity contribution in [3.63, 3.8) is 0 Å². The van der Waals surface area contributed by atoms with Crippen LogP contribution >= 0.6 is 0 Å². The smallest absolute Gasteiger partial charge is 0.225 e. The lowest BCUT2D eigenvalue weighted by molar-refractivity contribution is 0.461. The SMILES string of the molecule is Fc1ccc(Nc2cc(-c3ccccn3)nc(NC3CCCCC3)n2)cc1. The molecule has 6 heteroatoms. The number of benzene rings is 1. The first-order valence-electron chi connectivity index (χ1n) is 9.36. The Bertz CT molecular complexity index is 877. The van der Waals surface area contributed by atoms with Gasteiger partial charge in [0.15, 0.2) is 0 Å². The second-order valence-electron chi connectivity index (χ2n) is 6.79. The minimum atomic E-state index is -0.267. The van der Waals surface area contributed by atoms with E-state index >= 15 is 0 Å². The van der Waals surface area contributed by atoms with Crippen molar-refractivity contribution in [1.29, 1.82) is 0 Å². The number of halogens is 1. The van der Waals surface area contributed by atoms with Crippen molar-refractivity contribution in [1.82, 2.24) is 15.0 Å². The number of pyridine rings is 1. The molecule has 1 aliphatic carbocycles. The molecule has 0 unspecified atom stereocenters. The van der Waals surface area contributed by atoms with Crippen molar-refractivity contribution in [3.8, 4) is 11.4 Å². The Morgan fingerprint density at radius 2 is 1.70 bits per heavy atom. The van der Waals surface area contributed by atoms with Crippen LogP contribution in [0.3, 0.4) is 0 Å². The quantitative estimate of drug-likeness (QED) is 0.655. The van der Waals surface area contributed by atoms with Gasteiger partial charge in [0, 0.05) is 24.0 Å². The molecule has 138 valence electrons. The molecule has 1 aliphatic rings. The molecular weight excluding hydrogens is 341 g/mol. The highest BCUT2D eigenvalue weighted by atomic mass is 19.1. The van der Waals surface area contributed by atoms with Crippen LogP contribution in [0.1, 0.15) is 32.1 Å². The van der Waals surface area contributed by atoms with Gasteiger partial charge in [-0.25, -0.2) is 9.37 Å². The topological polar surface area (TPSA) is 62.7 Å². The lowest BCUT2D eigenvalue weighted by Crippen LogP contribution is -2.23. The van der Waals surface area contributed by atoms with E-state index in [4.69, 9.17) is 0 Å². The minimum absolute atomic E-state index is 0.267. The Morgan fingerprint density at radius 3 is 2.44 bits per heavy atom. The maximum Gasteiger partial charge on any atom is 0.225 e. The van der Waals surface area contributed by atoms with E-state index in [1.54, 1.807) is 18.3 Å². The summed E-state index contributed by atoms with van der Waals surface area (Å²) < 4.78 is 13.2. The highest BCUT2D eigenvalue weighted by Crippen LogP contribution is 2.25. The summed E-state index contributed by atoms with van der Waals surface area (Å²) in [5, 5.41) is 6.71. The molecule has 4 rings (SSSR count). The van der Waals surface area contributed by atoms with Crippen LogP contribution in [0.4, 0.5) is 21.8 Å². The number of nitrogens with zero attached hydrogens (tertiary/aromatic N) is 3. The zero-order valence-electron chi connectivity index (χ0n) is 15.0. The number of hydrogen-bond donors (Lipinski definition) is 2. The fourth-order valence-electron chi connectivity index (χ4n) is 3.33. The average molecular weight is 363 g/mol. The first-order chi connectivity index (χ1) is 13.3. The van der Waals surface area contributed by atoms with Gasteiger partial charge in [-0.1, -0.05) is 25.3 Å². The molecule has 2 N–H and O–H groups in total. The first-order valence-corrected chi connectivity index (χ1v) is 9.36. The summed E-state index contributed by atoms with van der Waals surface area (Å²) in [6.45, 7) is 0. The van der Waals surface area contributed by atoms with Gasteiger partial charge in [0.2, 0.25) is 5.95 Å². The van der Waals surface area contributed by atoms with Crippen molar-refractivity contribution >= 4 is 17.5 Å². The summed E-state index contributed by atoms with van der Waals surface area (Å²) in [5.41, 5.74) is 2.30. The van der Waals surface area contributed by atoms with E-state index in [9.17, 15) is 4.39 Å². The van der Waals surface area contributed by atoms with Crippen LogP contribution in [-0.4, -0.2) is 21.0 Å². The number of aromatic nitrogens is 3. The van der Waals surface area contributed by atoms with Crippen LogP contribution in [0.25, 0.3) is 11.4 Å². The average Bonchev–Trinajstić information content (AvgIpc) is 2.71. The zero-order chi connectivity index (χ0) is 18.5. The van der Waals surface area contributed by atoms with E-state index in [1.165, 1.54) is 31.4 Å². The fraction of sp³-hybridized carbons (Fsp3) is 0.286. The molecule has 1 saturated carbocycles. The molecule has 0 saturated heterocycles. The second-order valence-corrected chi connectivity index (χ2v) is 6.79. The predicted molar refractivity (Wildman–Crippen MR) is 105 cm³/mol. The molecule has 27 heavy (non-hydrogen) atoms. The third kappa shape index (κ3) is 4.58. The third-order valence-corrected chi connectivity index (χ3v) is 4.71. The second kappa shape index (κ2) is 8.12. The summed E-state index contributed by atoms with van der Waals surface area (Å²) in [7, 11) is 0. The van der Waals surface area contributed by atoms with Gasteiger partial charge in [0.05, 0.1) is 11.4 Å². The molecule has 1 fully saturated rings. The van der Waals surface area contributed by atoms with Gasteiger partial charge >= 0.3 is 0 Å². The van der Waals surface area contributed by atoms with Crippen molar-refractivity contribution in [3.05, 3.63) is 60.5 Å². The van der Waals surface area contributed by atoms with Crippen LogP contribution in [0.2, 0.25) is 0 Å². The van der Waals surface area contributed by atoms with Crippen molar-refractivity contribution in [2.45, 2.75) is 38.1 Å². The van der Waals surface area contributed by atoms with Gasteiger partial charge in [-0.15, -0.1) is 0 Å². The van der Waals surface area contributed by atoms with E-state index < -0.39 is 0 Å². The normalized spacial score (nSPS) is 14.7. The maximum atomic E-state index is 13.2. The molecule has 0 amide bonds. The van der Waals surface area contributed by atoms with Crippen LogP contribution in [-0.2, 0) is 0 Å². The summed E-state index contributed by atoms with van der Waals surface area (Å²) in [6.07, 6.45) is 7.79. The summed E-state index contributed by atoms with van der Waals surface area (Å²) in [5.74, 6) is 0.974. The predicted octanol–water partition coefficient (Wildman–Crippen LogP) is 5.17. The van der Waals surface area contributed by atoms with E-state index in [-0.39, 0.29) is 5.82 Å². The molecule has 0 atom stereocenters. The molecule has 0 aliphatic heterocycles. The van der Waals surface area contributed by atoms with Gasteiger partial charge < -0.3 is 10.6 Å². The summed E-state index contributed by atoms with van der Waals surface area (Å²) in [4.78, 5) is 13.7. The van der Waals surface area contributed by atoms with Crippen LogP contribution < -0.4 is 10.6 Å². The molecule has 0 radical (unpaired) electrons. The first kappa shape index (κ1) is 17.4. The number of anilines is 3. The van der Waals surface area contributed by atoms with Crippen LogP contribution in [0, 0.1) is 5.82 Å². The molecule has 0 spiro atoms. The van der Waals surface area contributed by atoms with E-state index in [2.05, 4.69) is 25.6 Å². The fourth-order valence-corrected chi connectivity index (χ4v) is 3.33. The van der Waals surface area contributed by atoms with Gasteiger partial charge in [-0.05, 0) is 49.2 Å². The molecule has 2 heterocycles. The van der Waals surface area contributed by atoms with E-state index in [1.807, 2.05) is 24.3 Å². The summed E-state index contributed by atoms with van der Waals surface area (Å²) in [6, 6.07) is 14.2. The molecule has 3 aromatic rings. The van der Waals surface area contributed by atoms with Crippen LogP contribution in [0.5, 0.6) is 0 Å². The standard InChI is InChI=1S/C21H22FN5/c22-15-9-11-17(12-10-15)24-20-14-19(18-8-4-5-13-23-18)26-21(27-20)25-16-6-2-1-3-7-16/h4-5,8-14,16H,1-3,6-7H2,(H2,24,25,26,27). The summed E-state index contributed by atoms with van der Waals surface area (Å²) >= 11 is 0. The van der Waals surface area contributed by atoms with E-state index in [0.717, 1.165) is 29.9 Å². The van der Waals surface area contributed by atoms with Crippen molar-refractivity contribution in [2.24, 2.45) is 0 Å². The number of hydrogen-bond acceptors (Lipinski definition) is 5. The zero-order valence-corrected chi connectivity index (χ0v) is 15.0. The molecule has 0 bridgehead atoms. The number of rotatable bonds is 5. The Morgan fingerprint density at radius 1 is 0.889 bits per heavy atom. The monoisotopic (exact) mass is 363 g/mol. The van der Waals surface area contributed by atoms with E-state index in [0.29, 0.717) is 17.8 Å².